The lowest BCUT2D eigenvalue weighted by Gasteiger charge is -2.29. The summed E-state index contributed by atoms with van der Waals surface area (Å²) >= 11 is 0. The maximum atomic E-state index is 11.8. The Labute approximate surface area is 128 Å². The van der Waals surface area contributed by atoms with Crippen molar-refractivity contribution in [1.29, 1.82) is 0 Å². The molecule has 0 N–H and O–H groups in total. The molecule has 5 heteroatoms. The highest BCUT2D eigenvalue weighted by atomic mass is 16.5. The van der Waals surface area contributed by atoms with Crippen LogP contribution in [0.1, 0.15) is 52.4 Å². The standard InChI is InChI=1S/C16H31NO4/c1-6-8-13(2)9-7-10-16(20)21-14(11-15(18)19)12-17(3,4)5/h13-14H,6-12H2,1-5H3. The number of carbonyl (C=O) groups excluding carboxylic acids is 2. The first-order valence-corrected chi connectivity index (χ1v) is 7.83. The highest BCUT2D eigenvalue weighted by Crippen LogP contribution is 2.14. The second-order valence-corrected chi connectivity index (χ2v) is 6.95. The Morgan fingerprint density at radius 2 is 1.81 bits per heavy atom. The van der Waals surface area contributed by atoms with Crippen molar-refractivity contribution in [2.24, 2.45) is 5.92 Å². The first-order valence-electron chi connectivity index (χ1n) is 7.83. The zero-order chi connectivity index (χ0) is 16.5. The van der Waals surface area contributed by atoms with Gasteiger partial charge in [-0.25, -0.2) is 0 Å². The highest BCUT2D eigenvalue weighted by molar-refractivity contribution is 5.70. The minimum Gasteiger partial charge on any atom is -0.550 e. The van der Waals surface area contributed by atoms with Gasteiger partial charge in [0, 0.05) is 18.8 Å². The summed E-state index contributed by atoms with van der Waals surface area (Å²) in [6.07, 6.45) is 3.62. The van der Waals surface area contributed by atoms with Crippen molar-refractivity contribution >= 4 is 11.9 Å². The molecule has 0 radical (unpaired) electrons. The van der Waals surface area contributed by atoms with Gasteiger partial charge in [0.15, 0.2) is 6.10 Å². The molecule has 0 saturated heterocycles. The Kier molecular flexibility index (Phi) is 9.26. The first-order chi connectivity index (χ1) is 9.64. The third-order valence-corrected chi connectivity index (χ3v) is 3.30. The molecule has 21 heavy (non-hydrogen) atoms. The maximum Gasteiger partial charge on any atom is 0.306 e. The lowest BCUT2D eigenvalue weighted by molar-refractivity contribution is -0.873. The summed E-state index contributed by atoms with van der Waals surface area (Å²) in [5.41, 5.74) is 0. The summed E-state index contributed by atoms with van der Waals surface area (Å²) in [5.74, 6) is -0.871. The van der Waals surface area contributed by atoms with E-state index in [2.05, 4.69) is 13.8 Å². The largest absolute Gasteiger partial charge is 0.550 e. The lowest BCUT2D eigenvalue weighted by Crippen LogP contribution is -2.45. The number of nitrogens with zero attached hydrogens (tertiary/aromatic N) is 1. The number of aliphatic carboxylic acids is 1. The molecule has 0 heterocycles. The van der Waals surface area contributed by atoms with Gasteiger partial charge in [-0.1, -0.05) is 33.1 Å². The number of likely N-dealkylation sites (N-methyl/N-ethyl adjacent to an activating group) is 1. The molecular formula is C16H31NO4. The first kappa shape index (κ1) is 19.9. The van der Waals surface area contributed by atoms with Crippen LogP contribution in [0.25, 0.3) is 0 Å². The van der Waals surface area contributed by atoms with E-state index in [1.165, 1.54) is 6.42 Å². The Morgan fingerprint density at radius 1 is 1.19 bits per heavy atom. The van der Waals surface area contributed by atoms with Crippen LogP contribution in [-0.4, -0.2) is 50.2 Å². The van der Waals surface area contributed by atoms with Crippen LogP contribution in [0.4, 0.5) is 0 Å². The molecule has 5 nitrogen and oxygen atoms in total. The smallest absolute Gasteiger partial charge is 0.306 e. The van der Waals surface area contributed by atoms with Gasteiger partial charge in [0.2, 0.25) is 0 Å². The van der Waals surface area contributed by atoms with Crippen molar-refractivity contribution in [3.05, 3.63) is 0 Å². The normalized spacial score (nSPS) is 14.5. The second-order valence-electron chi connectivity index (χ2n) is 6.95. The van der Waals surface area contributed by atoms with Gasteiger partial charge in [-0.05, 0) is 12.3 Å². The number of carboxylic acids is 1. The van der Waals surface area contributed by atoms with Gasteiger partial charge in [-0.3, -0.25) is 4.79 Å². The number of hydrogen-bond donors (Lipinski definition) is 0. The Hall–Kier alpha value is -1.10. The van der Waals surface area contributed by atoms with E-state index in [-0.39, 0.29) is 12.4 Å². The molecule has 0 aromatic heterocycles. The SMILES string of the molecule is CCCC(C)CCCC(=O)OC(CC(=O)[O-])C[N+](C)(C)C. The molecule has 0 aliphatic carbocycles. The average Bonchev–Trinajstić information content (AvgIpc) is 2.25. The summed E-state index contributed by atoms with van der Waals surface area (Å²) in [6, 6.07) is 0. The van der Waals surface area contributed by atoms with E-state index in [0.29, 0.717) is 23.4 Å². The van der Waals surface area contributed by atoms with Crippen LogP contribution < -0.4 is 5.11 Å². The van der Waals surface area contributed by atoms with Crippen LogP contribution in [0.3, 0.4) is 0 Å². The molecule has 0 aromatic carbocycles. The molecule has 0 rings (SSSR count). The summed E-state index contributed by atoms with van der Waals surface area (Å²) < 4.78 is 5.84. The third kappa shape index (κ3) is 12.4. The fraction of sp³-hybridized carbons (Fsp3) is 0.875. The van der Waals surface area contributed by atoms with Crippen molar-refractivity contribution in [2.45, 2.75) is 58.5 Å². The van der Waals surface area contributed by atoms with E-state index >= 15 is 0 Å². The minimum absolute atomic E-state index is 0.243. The van der Waals surface area contributed by atoms with Crippen LogP contribution in [0.5, 0.6) is 0 Å². The number of quaternary nitrogens is 1. The Bertz CT molecular complexity index is 323. The number of rotatable bonds is 11. The van der Waals surface area contributed by atoms with E-state index in [1.807, 2.05) is 21.1 Å². The van der Waals surface area contributed by atoms with E-state index in [9.17, 15) is 14.7 Å². The summed E-state index contributed by atoms with van der Waals surface area (Å²) in [4.78, 5) is 22.6. The van der Waals surface area contributed by atoms with Crippen molar-refractivity contribution < 1.29 is 23.9 Å². The topological polar surface area (TPSA) is 66.4 Å². The molecule has 0 saturated carbocycles. The fourth-order valence-corrected chi connectivity index (χ4v) is 2.42. The molecule has 0 fully saturated rings. The van der Waals surface area contributed by atoms with E-state index < -0.39 is 12.1 Å². The Morgan fingerprint density at radius 3 is 2.29 bits per heavy atom. The van der Waals surface area contributed by atoms with Gasteiger partial charge in [-0.2, -0.15) is 0 Å². The maximum absolute atomic E-state index is 11.8. The molecule has 124 valence electrons. The summed E-state index contributed by atoms with van der Waals surface area (Å²) in [7, 11) is 5.80. The van der Waals surface area contributed by atoms with Crippen molar-refractivity contribution in [3.8, 4) is 0 Å². The highest BCUT2D eigenvalue weighted by Gasteiger charge is 2.22. The van der Waals surface area contributed by atoms with Gasteiger partial charge in [0.25, 0.3) is 0 Å². The predicted octanol–water partition coefficient (Wildman–Crippen LogP) is 1.35. The van der Waals surface area contributed by atoms with Gasteiger partial charge >= 0.3 is 5.97 Å². The number of ether oxygens (including phenoxy) is 1. The fourth-order valence-electron chi connectivity index (χ4n) is 2.42. The van der Waals surface area contributed by atoms with Gasteiger partial charge in [0.1, 0.15) is 6.54 Å². The average molecular weight is 301 g/mol. The van der Waals surface area contributed by atoms with Crippen LogP contribution in [0.15, 0.2) is 0 Å². The van der Waals surface area contributed by atoms with Crippen molar-refractivity contribution in [1.82, 2.24) is 0 Å². The number of carbonyl (C=O) groups is 2. The van der Waals surface area contributed by atoms with Gasteiger partial charge < -0.3 is 19.1 Å². The van der Waals surface area contributed by atoms with Crippen molar-refractivity contribution in [3.63, 3.8) is 0 Å². The zero-order valence-electron chi connectivity index (χ0n) is 14.2. The number of esters is 1. The van der Waals surface area contributed by atoms with E-state index in [0.717, 1.165) is 19.3 Å². The molecule has 0 aromatic rings. The molecule has 0 amide bonds. The summed E-state index contributed by atoms with van der Waals surface area (Å²) in [6.45, 7) is 4.80. The molecule has 0 aliphatic heterocycles. The van der Waals surface area contributed by atoms with E-state index in [4.69, 9.17) is 4.74 Å². The zero-order valence-corrected chi connectivity index (χ0v) is 14.2. The van der Waals surface area contributed by atoms with Gasteiger partial charge in [0.05, 0.1) is 21.1 Å². The molecule has 0 aliphatic rings. The number of hydrogen-bond acceptors (Lipinski definition) is 4. The van der Waals surface area contributed by atoms with Crippen LogP contribution in [-0.2, 0) is 14.3 Å². The lowest BCUT2D eigenvalue weighted by atomic mass is 9.99. The molecular weight excluding hydrogens is 270 g/mol. The van der Waals surface area contributed by atoms with Crippen molar-refractivity contribution in [2.75, 3.05) is 27.7 Å². The molecule has 2 unspecified atom stereocenters. The van der Waals surface area contributed by atoms with Crippen LogP contribution >= 0.6 is 0 Å². The third-order valence-electron chi connectivity index (χ3n) is 3.30. The Balaban J connectivity index is 4.18. The molecule has 2 atom stereocenters. The molecule has 0 spiro atoms. The molecule has 0 bridgehead atoms. The van der Waals surface area contributed by atoms with Gasteiger partial charge in [-0.15, -0.1) is 0 Å². The van der Waals surface area contributed by atoms with E-state index in [1.54, 1.807) is 0 Å². The second kappa shape index (κ2) is 9.77. The van der Waals surface area contributed by atoms with Crippen LogP contribution in [0, 0.1) is 5.92 Å². The summed E-state index contributed by atoms with van der Waals surface area (Å²) in [5, 5.41) is 10.7. The predicted molar refractivity (Wildman–Crippen MR) is 80.3 cm³/mol. The monoisotopic (exact) mass is 301 g/mol. The number of carboxylic acid groups (broad SMARTS) is 1. The quantitative estimate of drug-likeness (QED) is 0.427. The minimum atomic E-state index is -1.18. The van der Waals surface area contributed by atoms with Crippen LogP contribution in [0.2, 0.25) is 0 Å².